The van der Waals surface area contributed by atoms with Gasteiger partial charge in [0, 0.05) is 26.6 Å². The molecule has 0 N–H and O–H groups in total. The Morgan fingerprint density at radius 2 is 2.15 bits per heavy atom. The Morgan fingerprint density at radius 1 is 1.35 bits per heavy atom. The lowest BCUT2D eigenvalue weighted by Gasteiger charge is -2.15. The van der Waals surface area contributed by atoms with E-state index in [4.69, 9.17) is 14.0 Å². The number of carbonyl (C=O) groups excluding carboxylic acids is 1. The highest BCUT2D eigenvalue weighted by Gasteiger charge is 2.30. The summed E-state index contributed by atoms with van der Waals surface area (Å²) in [5.74, 6) is 1.57. The molecule has 0 aliphatic carbocycles. The molecule has 7 nitrogen and oxygen atoms in total. The molecule has 0 bridgehead atoms. The van der Waals surface area contributed by atoms with Crippen molar-refractivity contribution in [2.24, 2.45) is 0 Å². The molecule has 2 aromatic rings. The van der Waals surface area contributed by atoms with Crippen LogP contribution in [-0.2, 0) is 16.0 Å². The Morgan fingerprint density at radius 3 is 2.92 bits per heavy atom. The van der Waals surface area contributed by atoms with Crippen molar-refractivity contribution in [3.05, 3.63) is 41.8 Å². The highest BCUT2D eigenvalue weighted by atomic mass is 19.1. The number of halogens is 1. The minimum Gasteiger partial charge on any atom is -0.493 e. The topological polar surface area (TPSA) is 77.7 Å². The van der Waals surface area contributed by atoms with Crippen molar-refractivity contribution in [1.82, 2.24) is 15.0 Å². The van der Waals surface area contributed by atoms with Crippen molar-refractivity contribution in [3.8, 4) is 5.75 Å². The van der Waals surface area contributed by atoms with Gasteiger partial charge in [-0.2, -0.15) is 4.98 Å². The first-order chi connectivity index (χ1) is 12.7. The molecule has 3 rings (SSSR count). The molecule has 1 saturated heterocycles. The smallest absolute Gasteiger partial charge is 0.231 e. The number of ether oxygens (including phenoxy) is 2. The van der Waals surface area contributed by atoms with E-state index < -0.39 is 0 Å². The fourth-order valence-electron chi connectivity index (χ4n) is 2.86. The summed E-state index contributed by atoms with van der Waals surface area (Å²) in [6.45, 7) is 2.09. The third-order valence-electron chi connectivity index (χ3n) is 4.30. The van der Waals surface area contributed by atoms with Crippen LogP contribution in [0.3, 0.4) is 0 Å². The maximum absolute atomic E-state index is 12.8. The minimum absolute atomic E-state index is 0.0701. The van der Waals surface area contributed by atoms with Gasteiger partial charge in [0.2, 0.25) is 11.8 Å². The Balaban J connectivity index is 1.46. The van der Waals surface area contributed by atoms with Crippen LogP contribution in [0, 0.1) is 5.82 Å². The predicted octanol–water partition coefficient (Wildman–Crippen LogP) is 2.18. The molecular weight excluding hydrogens is 341 g/mol. The summed E-state index contributed by atoms with van der Waals surface area (Å²) in [6.07, 6.45) is 1.69. The number of hydrogen-bond acceptors (Lipinski definition) is 6. The Bertz CT molecular complexity index is 719. The fourth-order valence-corrected chi connectivity index (χ4v) is 2.86. The molecule has 0 saturated carbocycles. The molecule has 1 atom stereocenters. The quantitative estimate of drug-likeness (QED) is 0.715. The molecular formula is C18H22FN3O4. The third-order valence-corrected chi connectivity index (χ3v) is 4.30. The van der Waals surface area contributed by atoms with Crippen molar-refractivity contribution in [1.29, 1.82) is 0 Å². The Labute approximate surface area is 151 Å². The van der Waals surface area contributed by atoms with Crippen molar-refractivity contribution < 1.29 is 23.2 Å². The highest BCUT2D eigenvalue weighted by Crippen LogP contribution is 2.26. The summed E-state index contributed by atoms with van der Waals surface area (Å²) in [6, 6.07) is 5.85. The summed E-state index contributed by atoms with van der Waals surface area (Å²) in [5.41, 5.74) is 0. The van der Waals surface area contributed by atoms with Crippen LogP contribution in [0.15, 0.2) is 28.8 Å². The first-order valence-corrected chi connectivity index (χ1v) is 8.63. The van der Waals surface area contributed by atoms with Gasteiger partial charge in [-0.25, -0.2) is 4.39 Å². The summed E-state index contributed by atoms with van der Waals surface area (Å²) in [5, 5.41) is 3.98. The molecule has 1 aliphatic heterocycles. The van der Waals surface area contributed by atoms with Crippen LogP contribution in [0.25, 0.3) is 0 Å². The maximum Gasteiger partial charge on any atom is 0.231 e. The van der Waals surface area contributed by atoms with Gasteiger partial charge in [0.15, 0.2) is 5.82 Å². The highest BCUT2D eigenvalue weighted by molar-refractivity contribution is 5.76. The molecule has 1 aromatic heterocycles. The van der Waals surface area contributed by atoms with Crippen molar-refractivity contribution in [2.75, 3.05) is 33.4 Å². The van der Waals surface area contributed by atoms with E-state index in [1.54, 1.807) is 19.2 Å². The van der Waals surface area contributed by atoms with E-state index in [0.717, 1.165) is 6.42 Å². The van der Waals surface area contributed by atoms with Crippen molar-refractivity contribution >= 4 is 5.91 Å². The van der Waals surface area contributed by atoms with E-state index in [0.29, 0.717) is 56.6 Å². The number of rotatable bonds is 8. The van der Waals surface area contributed by atoms with Gasteiger partial charge < -0.3 is 18.9 Å². The van der Waals surface area contributed by atoms with E-state index in [2.05, 4.69) is 10.1 Å². The van der Waals surface area contributed by atoms with Gasteiger partial charge in [-0.1, -0.05) is 5.16 Å². The SMILES string of the molecule is COCCC(=O)N1CCC(c2nc(CCOc3ccc(F)cc3)no2)C1. The number of aromatic nitrogens is 2. The Kier molecular flexibility index (Phi) is 6.17. The summed E-state index contributed by atoms with van der Waals surface area (Å²) < 4.78 is 28.7. The van der Waals surface area contributed by atoms with Gasteiger partial charge in [-0.3, -0.25) is 4.79 Å². The summed E-state index contributed by atoms with van der Waals surface area (Å²) in [7, 11) is 1.58. The van der Waals surface area contributed by atoms with Crippen LogP contribution in [-0.4, -0.2) is 54.4 Å². The molecule has 1 fully saturated rings. The van der Waals surface area contributed by atoms with Crippen LogP contribution >= 0.6 is 0 Å². The number of hydrogen-bond donors (Lipinski definition) is 0. The van der Waals surface area contributed by atoms with Crippen LogP contribution in [0.5, 0.6) is 5.75 Å². The van der Waals surface area contributed by atoms with Gasteiger partial charge in [-0.15, -0.1) is 0 Å². The largest absolute Gasteiger partial charge is 0.493 e. The molecule has 26 heavy (non-hydrogen) atoms. The van der Waals surface area contributed by atoms with Crippen LogP contribution in [0.1, 0.15) is 30.5 Å². The molecule has 1 unspecified atom stereocenters. The standard InChI is InChI=1S/C18H22FN3O4/c1-24-10-8-17(23)22-9-6-13(12-22)18-20-16(21-26-18)7-11-25-15-4-2-14(19)3-5-15/h2-5,13H,6-12H2,1H3. The minimum atomic E-state index is -0.300. The monoisotopic (exact) mass is 363 g/mol. The zero-order valence-electron chi connectivity index (χ0n) is 14.7. The second kappa shape index (κ2) is 8.75. The third kappa shape index (κ3) is 4.78. The second-order valence-corrected chi connectivity index (χ2v) is 6.17. The lowest BCUT2D eigenvalue weighted by Crippen LogP contribution is -2.29. The average molecular weight is 363 g/mol. The molecule has 0 radical (unpaired) electrons. The van der Waals surface area contributed by atoms with Gasteiger partial charge in [0.1, 0.15) is 11.6 Å². The van der Waals surface area contributed by atoms with Crippen LogP contribution in [0.2, 0.25) is 0 Å². The fraction of sp³-hybridized carbons (Fsp3) is 0.500. The average Bonchev–Trinajstić information content (AvgIpc) is 3.30. The Hall–Kier alpha value is -2.48. The lowest BCUT2D eigenvalue weighted by molar-refractivity contribution is -0.131. The molecule has 140 valence electrons. The lowest BCUT2D eigenvalue weighted by atomic mass is 10.1. The maximum atomic E-state index is 12.8. The number of carbonyl (C=O) groups is 1. The van der Waals surface area contributed by atoms with Crippen molar-refractivity contribution in [3.63, 3.8) is 0 Å². The van der Waals surface area contributed by atoms with E-state index in [1.807, 2.05) is 4.90 Å². The molecule has 0 spiro atoms. The van der Waals surface area contributed by atoms with E-state index in [9.17, 15) is 9.18 Å². The molecule has 1 amide bonds. The zero-order valence-corrected chi connectivity index (χ0v) is 14.7. The van der Waals surface area contributed by atoms with Gasteiger partial charge in [0.25, 0.3) is 0 Å². The first kappa shape index (κ1) is 18.3. The van der Waals surface area contributed by atoms with E-state index in [1.165, 1.54) is 12.1 Å². The number of likely N-dealkylation sites (tertiary alicyclic amines) is 1. The number of benzene rings is 1. The number of methoxy groups -OCH3 is 1. The summed E-state index contributed by atoms with van der Waals surface area (Å²) >= 11 is 0. The van der Waals surface area contributed by atoms with Crippen LogP contribution < -0.4 is 4.74 Å². The number of nitrogens with zero attached hydrogens (tertiary/aromatic N) is 3. The molecule has 8 heteroatoms. The first-order valence-electron chi connectivity index (χ1n) is 8.63. The molecule has 2 heterocycles. The molecule has 1 aromatic carbocycles. The normalized spacial score (nSPS) is 16.8. The zero-order chi connectivity index (χ0) is 18.4. The van der Waals surface area contributed by atoms with E-state index in [-0.39, 0.29) is 17.6 Å². The van der Waals surface area contributed by atoms with Crippen LogP contribution in [0.4, 0.5) is 4.39 Å². The van der Waals surface area contributed by atoms with Gasteiger partial charge in [0.05, 0.1) is 25.6 Å². The number of amides is 1. The second-order valence-electron chi connectivity index (χ2n) is 6.17. The van der Waals surface area contributed by atoms with Gasteiger partial charge in [-0.05, 0) is 30.7 Å². The van der Waals surface area contributed by atoms with E-state index >= 15 is 0 Å². The predicted molar refractivity (Wildman–Crippen MR) is 90.3 cm³/mol. The summed E-state index contributed by atoms with van der Waals surface area (Å²) in [4.78, 5) is 18.2. The van der Waals surface area contributed by atoms with Crippen molar-refractivity contribution in [2.45, 2.75) is 25.2 Å². The van der Waals surface area contributed by atoms with Gasteiger partial charge >= 0.3 is 0 Å². The molecule has 1 aliphatic rings.